The Kier molecular flexibility index (Phi) is 9.07. The van der Waals surface area contributed by atoms with Crippen molar-refractivity contribution in [1.29, 1.82) is 0 Å². The average molecular weight is 354 g/mol. The fraction of sp³-hybridized carbons (Fsp3) is 0.400. The molecule has 0 bridgehead atoms. The number of hydrogen-bond donors (Lipinski definition) is 0. The third-order valence-electron chi connectivity index (χ3n) is 2.68. The van der Waals surface area contributed by atoms with Crippen LogP contribution in [0.15, 0.2) is 24.5 Å². The summed E-state index contributed by atoms with van der Waals surface area (Å²) < 4.78 is 26.5. The van der Waals surface area contributed by atoms with Crippen LogP contribution in [-0.2, 0) is 39.1 Å². The van der Waals surface area contributed by atoms with Crippen molar-refractivity contribution in [1.82, 2.24) is 9.55 Å². The predicted octanol–water partition coefficient (Wildman–Crippen LogP) is 4.64. The maximum atomic E-state index is 12.7. The minimum atomic E-state index is -2.51. The van der Waals surface area contributed by atoms with Gasteiger partial charge in [-0.1, -0.05) is 33.9 Å². The second kappa shape index (κ2) is 9.35. The molecule has 0 N–H and O–H groups in total. The van der Waals surface area contributed by atoms with Gasteiger partial charge in [-0.3, -0.25) is 4.57 Å². The van der Waals surface area contributed by atoms with Gasteiger partial charge in [0.2, 0.25) is 0 Å². The Morgan fingerprint density at radius 1 is 1.35 bits per heavy atom. The van der Waals surface area contributed by atoms with E-state index in [0.29, 0.717) is 17.8 Å². The molecule has 0 amide bonds. The smallest absolute Gasteiger partial charge is 0.318 e. The second-order valence-electron chi connectivity index (χ2n) is 3.83. The van der Waals surface area contributed by atoms with Gasteiger partial charge in [0, 0.05) is 44.6 Å². The monoisotopic (exact) mass is 354 g/mol. The zero-order valence-corrected chi connectivity index (χ0v) is 15.2. The Labute approximate surface area is 144 Å². The van der Waals surface area contributed by atoms with Gasteiger partial charge in [0.15, 0.2) is 0 Å². The van der Waals surface area contributed by atoms with Crippen LogP contribution < -0.4 is 0 Å². The maximum Gasteiger partial charge on any atom is 0.318 e. The molecule has 0 unspecified atom stereocenters. The molecule has 0 aliphatic carbocycles. The molecule has 2 heterocycles. The van der Waals surface area contributed by atoms with Crippen LogP contribution in [0.25, 0.3) is 11.3 Å². The van der Waals surface area contributed by atoms with Gasteiger partial charge in [-0.2, -0.15) is 20.9 Å². The Morgan fingerprint density at radius 2 is 2.00 bits per heavy atom. The normalized spacial score (nSPS) is 9.75. The van der Waals surface area contributed by atoms with Crippen LogP contribution in [0.3, 0.4) is 0 Å². The quantitative estimate of drug-likeness (QED) is 0.735. The van der Waals surface area contributed by atoms with E-state index in [1.165, 1.54) is 6.20 Å². The standard InChI is InChI=1S/C13H13F2N2.C2H6.Y/c1-3-12-10(6-7-17(12)13(14)15)11-5-4-9(2)8-16-11;1-2;/h5-8,13H,3H2,1-2H3;1-2H3;/q-1;;. The van der Waals surface area contributed by atoms with Gasteiger partial charge in [0.25, 0.3) is 0 Å². The van der Waals surface area contributed by atoms with Crippen LogP contribution in [0, 0.1) is 13.0 Å². The number of rotatable bonds is 3. The summed E-state index contributed by atoms with van der Waals surface area (Å²) in [6.45, 7) is 5.24. The number of aryl methyl sites for hydroxylation is 1. The van der Waals surface area contributed by atoms with Crippen LogP contribution in [0.5, 0.6) is 0 Å². The minimum Gasteiger partial charge on any atom is -0.383 e. The number of hydrogen-bond acceptors (Lipinski definition) is 1. The summed E-state index contributed by atoms with van der Waals surface area (Å²) in [5, 5.41) is 0. The molecule has 1 radical (unpaired) electrons. The zero-order valence-electron chi connectivity index (χ0n) is 12.3. The first-order valence-electron chi connectivity index (χ1n) is 6.46. The van der Waals surface area contributed by atoms with E-state index in [1.807, 2.05) is 27.7 Å². The molecule has 5 heteroatoms. The van der Waals surface area contributed by atoms with E-state index in [-0.39, 0.29) is 32.7 Å². The van der Waals surface area contributed by atoms with E-state index in [2.05, 4.69) is 11.1 Å². The van der Waals surface area contributed by atoms with Crippen LogP contribution >= 0.6 is 0 Å². The SMILES string of the molecule is CC.CCc1c(-c2c[c-]c(C)cn2)ccn1C(F)F.[Y]. The number of aromatic nitrogens is 2. The first-order valence-corrected chi connectivity index (χ1v) is 6.46. The molecule has 107 valence electrons. The third-order valence-corrected chi connectivity index (χ3v) is 2.68. The van der Waals surface area contributed by atoms with E-state index in [1.54, 1.807) is 18.3 Å². The summed E-state index contributed by atoms with van der Waals surface area (Å²) in [6, 6.07) is 6.44. The number of alkyl halides is 2. The molecule has 0 atom stereocenters. The first-order chi connectivity index (χ1) is 9.13. The largest absolute Gasteiger partial charge is 0.383 e. The fourth-order valence-corrected chi connectivity index (χ4v) is 1.84. The Morgan fingerprint density at radius 3 is 2.45 bits per heavy atom. The summed E-state index contributed by atoms with van der Waals surface area (Å²) in [4.78, 5) is 4.24. The summed E-state index contributed by atoms with van der Waals surface area (Å²) in [5.74, 6) is 0. The number of halogens is 2. The van der Waals surface area contributed by atoms with Crippen LogP contribution in [0.1, 0.15) is 38.6 Å². The van der Waals surface area contributed by atoms with E-state index in [9.17, 15) is 8.78 Å². The van der Waals surface area contributed by atoms with Crippen molar-refractivity contribution in [2.45, 2.75) is 40.7 Å². The molecule has 2 nitrogen and oxygen atoms in total. The summed E-state index contributed by atoms with van der Waals surface area (Å²) in [6.07, 6.45) is 3.64. The predicted molar refractivity (Wildman–Crippen MR) is 73.2 cm³/mol. The Hall–Kier alpha value is -0.606. The summed E-state index contributed by atoms with van der Waals surface area (Å²) >= 11 is 0. The molecule has 0 aliphatic heterocycles. The molecule has 2 aromatic rings. The third kappa shape index (κ3) is 4.45. The van der Waals surface area contributed by atoms with Crippen LogP contribution in [0.4, 0.5) is 8.78 Å². The average Bonchev–Trinajstić information content (AvgIpc) is 2.86. The van der Waals surface area contributed by atoms with Gasteiger partial charge in [0.1, 0.15) is 0 Å². The van der Waals surface area contributed by atoms with E-state index in [4.69, 9.17) is 0 Å². The molecule has 0 aromatic carbocycles. The second-order valence-corrected chi connectivity index (χ2v) is 3.83. The van der Waals surface area contributed by atoms with Crippen molar-refractivity contribution in [3.8, 4) is 11.3 Å². The zero-order chi connectivity index (χ0) is 14.4. The summed E-state index contributed by atoms with van der Waals surface area (Å²) in [5.41, 5.74) is 2.97. The Balaban J connectivity index is 0.00000115. The minimum absolute atomic E-state index is 0. The topological polar surface area (TPSA) is 17.8 Å². The van der Waals surface area contributed by atoms with Crippen molar-refractivity contribution in [2.75, 3.05) is 0 Å². The molecule has 20 heavy (non-hydrogen) atoms. The van der Waals surface area contributed by atoms with Gasteiger partial charge >= 0.3 is 6.55 Å². The molecule has 0 spiro atoms. The van der Waals surface area contributed by atoms with E-state index < -0.39 is 6.55 Å². The molecule has 2 rings (SSSR count). The first kappa shape index (κ1) is 19.4. The van der Waals surface area contributed by atoms with Crippen molar-refractivity contribution < 1.29 is 41.5 Å². The molecule has 0 saturated heterocycles. The molecule has 0 saturated carbocycles. The molecule has 2 aromatic heterocycles. The fourth-order valence-electron chi connectivity index (χ4n) is 1.84. The molecular formula is C15H19F2N2Y-. The van der Waals surface area contributed by atoms with Gasteiger partial charge in [-0.05, 0) is 23.7 Å². The molecular weight excluding hydrogens is 335 g/mol. The van der Waals surface area contributed by atoms with Crippen molar-refractivity contribution >= 4 is 0 Å². The van der Waals surface area contributed by atoms with E-state index in [0.717, 1.165) is 15.7 Å². The van der Waals surface area contributed by atoms with Crippen molar-refractivity contribution in [3.63, 3.8) is 0 Å². The van der Waals surface area contributed by atoms with Crippen molar-refractivity contribution in [2.24, 2.45) is 0 Å². The van der Waals surface area contributed by atoms with Gasteiger partial charge in [-0.25, -0.2) is 0 Å². The van der Waals surface area contributed by atoms with Crippen LogP contribution in [-0.4, -0.2) is 9.55 Å². The van der Waals surface area contributed by atoms with E-state index >= 15 is 0 Å². The van der Waals surface area contributed by atoms with Crippen LogP contribution in [0.2, 0.25) is 0 Å². The van der Waals surface area contributed by atoms with Gasteiger partial charge in [-0.15, -0.1) is 5.56 Å². The van der Waals surface area contributed by atoms with Crippen molar-refractivity contribution in [3.05, 3.63) is 41.9 Å². The number of nitrogens with zero attached hydrogens (tertiary/aromatic N) is 2. The summed E-state index contributed by atoms with van der Waals surface area (Å²) in [7, 11) is 0. The molecule has 0 fully saturated rings. The molecule has 0 aliphatic rings. The Bertz CT molecular complexity index is 507. The van der Waals surface area contributed by atoms with Gasteiger partial charge in [0.05, 0.1) is 0 Å². The maximum absolute atomic E-state index is 12.7. The number of pyridine rings is 1. The van der Waals surface area contributed by atoms with Gasteiger partial charge < -0.3 is 4.98 Å².